The van der Waals surface area contributed by atoms with Gasteiger partial charge in [0.15, 0.2) is 5.65 Å². The number of rotatable bonds is 1. The van der Waals surface area contributed by atoms with E-state index in [9.17, 15) is 0 Å². The minimum absolute atomic E-state index is 0.359. The molecule has 0 saturated heterocycles. The predicted molar refractivity (Wildman–Crippen MR) is 65.3 cm³/mol. The highest BCUT2D eigenvalue weighted by Gasteiger charge is 2.15. The molecule has 3 heterocycles. The normalized spacial score (nSPS) is 16.1. The van der Waals surface area contributed by atoms with Crippen molar-refractivity contribution < 1.29 is 0 Å². The van der Waals surface area contributed by atoms with Crippen LogP contribution < -0.4 is 5.73 Å². The summed E-state index contributed by atoms with van der Waals surface area (Å²) in [4.78, 5) is 15.5. The molecule has 5 nitrogen and oxygen atoms in total. The molecule has 0 unspecified atom stereocenters. The summed E-state index contributed by atoms with van der Waals surface area (Å²) in [5, 5.41) is 0.997. The van der Waals surface area contributed by atoms with Crippen molar-refractivity contribution in [2.75, 3.05) is 13.6 Å². The number of hydrogen-bond acceptors (Lipinski definition) is 5. The van der Waals surface area contributed by atoms with E-state index in [4.69, 9.17) is 5.73 Å². The Balaban J connectivity index is 2.14. The second-order valence-electron chi connectivity index (χ2n) is 4.49. The molecular weight excluding hydrogens is 214 g/mol. The lowest BCUT2D eigenvalue weighted by atomic mass is 10.1. The number of likely N-dealkylation sites (N-methyl/N-ethyl adjacent to an activating group) is 1. The molecule has 17 heavy (non-hydrogen) atoms. The van der Waals surface area contributed by atoms with E-state index in [2.05, 4.69) is 33.0 Å². The number of aromatic nitrogens is 3. The summed E-state index contributed by atoms with van der Waals surface area (Å²) in [7, 11) is 2.13. The Morgan fingerprint density at radius 3 is 3.12 bits per heavy atom. The third-order valence-electron chi connectivity index (χ3n) is 3.14. The van der Waals surface area contributed by atoms with Gasteiger partial charge in [-0.25, -0.2) is 15.0 Å². The lowest BCUT2D eigenvalue weighted by Gasteiger charge is -2.24. The van der Waals surface area contributed by atoms with Gasteiger partial charge in [0.2, 0.25) is 0 Å². The Bertz CT molecular complexity index is 566. The molecule has 2 N–H and O–H groups in total. The van der Waals surface area contributed by atoms with Gasteiger partial charge >= 0.3 is 0 Å². The summed E-state index contributed by atoms with van der Waals surface area (Å²) < 4.78 is 0. The van der Waals surface area contributed by atoms with Gasteiger partial charge in [-0.1, -0.05) is 0 Å². The number of nitrogens with zero attached hydrogens (tertiary/aromatic N) is 4. The van der Waals surface area contributed by atoms with Gasteiger partial charge in [0, 0.05) is 36.8 Å². The van der Waals surface area contributed by atoms with Crippen molar-refractivity contribution in [3.8, 4) is 0 Å². The Morgan fingerprint density at radius 2 is 2.29 bits per heavy atom. The molecule has 1 aliphatic rings. The third kappa shape index (κ3) is 1.87. The second-order valence-corrected chi connectivity index (χ2v) is 4.49. The minimum atomic E-state index is 0.359. The van der Waals surface area contributed by atoms with Gasteiger partial charge in [0.05, 0.1) is 6.54 Å². The molecule has 2 aromatic heterocycles. The van der Waals surface area contributed by atoms with E-state index < -0.39 is 0 Å². The molecule has 1 aliphatic heterocycles. The van der Waals surface area contributed by atoms with E-state index >= 15 is 0 Å². The second kappa shape index (κ2) is 4.01. The maximum atomic E-state index is 5.54. The average Bonchev–Trinajstić information content (AvgIpc) is 2.35. The van der Waals surface area contributed by atoms with Gasteiger partial charge in [-0.15, -0.1) is 0 Å². The molecule has 0 atom stereocenters. The average molecular weight is 229 g/mol. The number of pyridine rings is 1. The summed E-state index contributed by atoms with van der Waals surface area (Å²) in [5.41, 5.74) is 8.76. The fraction of sp³-hybridized carbons (Fsp3) is 0.417. The fourth-order valence-corrected chi connectivity index (χ4v) is 2.20. The third-order valence-corrected chi connectivity index (χ3v) is 3.14. The fourth-order valence-electron chi connectivity index (χ4n) is 2.20. The van der Waals surface area contributed by atoms with E-state index in [1.165, 1.54) is 5.56 Å². The zero-order chi connectivity index (χ0) is 11.8. The Labute approximate surface area is 99.7 Å². The van der Waals surface area contributed by atoms with Crippen LogP contribution in [0.1, 0.15) is 17.1 Å². The van der Waals surface area contributed by atoms with Crippen LogP contribution >= 0.6 is 0 Å². The van der Waals surface area contributed by atoms with Crippen LogP contribution in [0.4, 0.5) is 0 Å². The summed E-state index contributed by atoms with van der Waals surface area (Å²) >= 11 is 0. The molecule has 0 radical (unpaired) electrons. The Kier molecular flexibility index (Phi) is 2.49. The molecule has 0 amide bonds. The van der Waals surface area contributed by atoms with Gasteiger partial charge in [0.1, 0.15) is 5.82 Å². The molecule has 2 aromatic rings. The Hall–Kier alpha value is -1.59. The van der Waals surface area contributed by atoms with Crippen molar-refractivity contribution >= 4 is 11.0 Å². The van der Waals surface area contributed by atoms with Crippen molar-refractivity contribution in [2.24, 2.45) is 5.73 Å². The minimum Gasteiger partial charge on any atom is -0.324 e. The molecule has 0 aliphatic carbocycles. The van der Waals surface area contributed by atoms with Gasteiger partial charge in [-0.3, -0.25) is 0 Å². The molecule has 3 rings (SSSR count). The van der Waals surface area contributed by atoms with Crippen LogP contribution in [0, 0.1) is 0 Å². The van der Waals surface area contributed by atoms with Gasteiger partial charge in [0.25, 0.3) is 0 Å². The maximum absolute atomic E-state index is 5.54. The first-order chi connectivity index (χ1) is 8.26. The SMILES string of the molecule is CN1CCc2nc3nc(CN)ncc3cc2C1. The van der Waals surface area contributed by atoms with E-state index in [0.29, 0.717) is 12.4 Å². The molecule has 0 bridgehead atoms. The maximum Gasteiger partial charge on any atom is 0.163 e. The number of nitrogens with two attached hydrogens (primary N) is 1. The van der Waals surface area contributed by atoms with Gasteiger partial charge < -0.3 is 10.6 Å². The number of fused-ring (bicyclic) bond motifs is 2. The van der Waals surface area contributed by atoms with Crippen molar-refractivity contribution in [1.29, 1.82) is 0 Å². The van der Waals surface area contributed by atoms with E-state index in [1.54, 1.807) is 0 Å². The summed E-state index contributed by atoms with van der Waals surface area (Å²) in [6, 6.07) is 2.15. The highest BCUT2D eigenvalue weighted by molar-refractivity contribution is 5.74. The Morgan fingerprint density at radius 1 is 1.41 bits per heavy atom. The highest BCUT2D eigenvalue weighted by Crippen LogP contribution is 2.20. The van der Waals surface area contributed by atoms with Crippen molar-refractivity contribution in [2.45, 2.75) is 19.5 Å². The van der Waals surface area contributed by atoms with Gasteiger partial charge in [-0.05, 0) is 18.7 Å². The molecule has 0 aromatic carbocycles. The van der Waals surface area contributed by atoms with E-state index in [1.807, 2.05) is 6.20 Å². The first-order valence-electron chi connectivity index (χ1n) is 5.79. The smallest absolute Gasteiger partial charge is 0.163 e. The zero-order valence-corrected chi connectivity index (χ0v) is 9.85. The quantitative estimate of drug-likeness (QED) is 0.770. The number of hydrogen-bond donors (Lipinski definition) is 1. The predicted octanol–water partition coefficient (Wildman–Crippen LogP) is 0.471. The molecule has 88 valence electrons. The highest BCUT2D eigenvalue weighted by atomic mass is 15.1. The molecule has 0 spiro atoms. The van der Waals surface area contributed by atoms with Crippen LogP contribution in [0.2, 0.25) is 0 Å². The first kappa shape index (κ1) is 10.6. The van der Waals surface area contributed by atoms with E-state index in [-0.39, 0.29) is 0 Å². The standard InChI is InChI=1S/C12H15N5/c1-17-3-2-10-9(7-17)4-8-6-14-11(5-13)16-12(8)15-10/h4,6H,2-3,5,7,13H2,1H3. The molecule has 0 saturated carbocycles. The van der Waals surface area contributed by atoms with Crippen molar-refractivity contribution in [1.82, 2.24) is 19.9 Å². The van der Waals surface area contributed by atoms with Crippen LogP contribution in [0.25, 0.3) is 11.0 Å². The molecule has 0 fully saturated rings. The van der Waals surface area contributed by atoms with Crippen LogP contribution in [-0.4, -0.2) is 33.4 Å². The topological polar surface area (TPSA) is 67.9 Å². The van der Waals surface area contributed by atoms with Crippen LogP contribution in [-0.2, 0) is 19.5 Å². The van der Waals surface area contributed by atoms with E-state index in [0.717, 1.165) is 36.2 Å². The largest absolute Gasteiger partial charge is 0.324 e. The lowest BCUT2D eigenvalue weighted by molar-refractivity contribution is 0.310. The van der Waals surface area contributed by atoms with Crippen LogP contribution in [0.15, 0.2) is 12.3 Å². The van der Waals surface area contributed by atoms with Crippen molar-refractivity contribution in [3.63, 3.8) is 0 Å². The van der Waals surface area contributed by atoms with Crippen LogP contribution in [0.5, 0.6) is 0 Å². The van der Waals surface area contributed by atoms with Crippen LogP contribution in [0.3, 0.4) is 0 Å². The summed E-state index contributed by atoms with van der Waals surface area (Å²) in [5.74, 6) is 0.651. The first-order valence-corrected chi connectivity index (χ1v) is 5.79. The molecule has 5 heteroatoms. The molecular formula is C12H15N5. The van der Waals surface area contributed by atoms with Crippen molar-refractivity contribution in [3.05, 3.63) is 29.3 Å². The summed E-state index contributed by atoms with van der Waals surface area (Å²) in [6.07, 6.45) is 2.80. The lowest BCUT2D eigenvalue weighted by Crippen LogP contribution is -2.27. The monoisotopic (exact) mass is 229 g/mol. The zero-order valence-electron chi connectivity index (χ0n) is 9.85. The summed E-state index contributed by atoms with van der Waals surface area (Å²) in [6.45, 7) is 2.37. The van der Waals surface area contributed by atoms with Gasteiger partial charge in [-0.2, -0.15) is 0 Å².